The molecule has 0 unspecified atom stereocenters. The molecule has 2 N–H and O–H groups in total. The zero-order valence-electron chi connectivity index (χ0n) is 19.9. The number of aryl methyl sites for hydroxylation is 1. The highest BCUT2D eigenvalue weighted by atomic mass is 16.7. The second-order valence-corrected chi connectivity index (χ2v) is 9.10. The Labute approximate surface area is 206 Å². The molecule has 0 bridgehead atoms. The molecule has 2 aliphatic rings. The van der Waals surface area contributed by atoms with E-state index >= 15 is 0 Å². The van der Waals surface area contributed by atoms with Crippen molar-refractivity contribution < 1.29 is 14.3 Å². The van der Waals surface area contributed by atoms with Crippen LogP contribution < -0.4 is 25.0 Å². The minimum atomic E-state index is -0.0802. The number of pyridine rings is 1. The summed E-state index contributed by atoms with van der Waals surface area (Å²) >= 11 is 0. The van der Waals surface area contributed by atoms with Gasteiger partial charge in [0.1, 0.15) is 0 Å². The smallest absolute Gasteiger partial charge is 0.251 e. The van der Waals surface area contributed by atoms with Crippen molar-refractivity contribution in [2.24, 2.45) is 0 Å². The number of hydrogen-bond acceptors (Lipinski definition) is 6. The molecule has 0 spiro atoms. The molecule has 5 rings (SSSR count). The molecule has 182 valence electrons. The molecule has 2 aliphatic heterocycles. The van der Waals surface area contributed by atoms with Crippen LogP contribution in [0.5, 0.6) is 11.5 Å². The van der Waals surface area contributed by atoms with Crippen molar-refractivity contribution >= 4 is 11.6 Å². The van der Waals surface area contributed by atoms with E-state index in [1.54, 1.807) is 0 Å². The SMILES string of the molecule is O=C(NCc1ccc2c(c1)OCO2)c1ccc(N2CCC(NCCCc3cccnc3)CC2)cc1. The average molecular weight is 473 g/mol. The van der Waals surface area contributed by atoms with E-state index in [4.69, 9.17) is 9.47 Å². The van der Waals surface area contributed by atoms with Gasteiger partial charge in [0.15, 0.2) is 11.5 Å². The van der Waals surface area contributed by atoms with Crippen LogP contribution in [-0.2, 0) is 13.0 Å². The van der Waals surface area contributed by atoms with Crippen molar-refractivity contribution in [1.29, 1.82) is 0 Å². The van der Waals surface area contributed by atoms with Gasteiger partial charge in [0.25, 0.3) is 5.91 Å². The van der Waals surface area contributed by atoms with Crippen molar-refractivity contribution in [2.45, 2.75) is 38.3 Å². The fraction of sp³-hybridized carbons (Fsp3) is 0.357. The summed E-state index contributed by atoms with van der Waals surface area (Å²) in [5.74, 6) is 1.39. The number of aromatic nitrogens is 1. The van der Waals surface area contributed by atoms with Gasteiger partial charge in [-0.1, -0.05) is 12.1 Å². The third-order valence-electron chi connectivity index (χ3n) is 6.68. The van der Waals surface area contributed by atoms with Gasteiger partial charge in [0, 0.05) is 49.3 Å². The van der Waals surface area contributed by atoms with Gasteiger partial charge in [-0.3, -0.25) is 9.78 Å². The first-order valence-corrected chi connectivity index (χ1v) is 12.4. The number of piperidine rings is 1. The summed E-state index contributed by atoms with van der Waals surface area (Å²) in [6.07, 6.45) is 8.23. The number of benzene rings is 2. The summed E-state index contributed by atoms with van der Waals surface area (Å²) in [6.45, 7) is 3.78. The Bertz CT molecular complexity index is 1110. The lowest BCUT2D eigenvalue weighted by Gasteiger charge is -2.34. The van der Waals surface area contributed by atoms with Gasteiger partial charge in [-0.2, -0.15) is 0 Å². The lowest BCUT2D eigenvalue weighted by Crippen LogP contribution is -2.42. The lowest BCUT2D eigenvalue weighted by atomic mass is 10.0. The normalized spacial score (nSPS) is 15.3. The van der Waals surface area contributed by atoms with Crippen molar-refractivity contribution in [3.8, 4) is 11.5 Å². The Hall–Kier alpha value is -3.58. The van der Waals surface area contributed by atoms with Crippen LogP contribution in [0.2, 0.25) is 0 Å². The monoisotopic (exact) mass is 472 g/mol. The Morgan fingerprint density at radius 3 is 2.63 bits per heavy atom. The largest absolute Gasteiger partial charge is 0.454 e. The predicted octanol–water partition coefficient (Wildman–Crippen LogP) is 3.93. The molecule has 1 saturated heterocycles. The number of carbonyl (C=O) groups excluding carboxylic acids is 1. The van der Waals surface area contributed by atoms with Gasteiger partial charge in [0.2, 0.25) is 6.79 Å². The molecule has 7 heteroatoms. The Kier molecular flexibility index (Phi) is 7.44. The van der Waals surface area contributed by atoms with Crippen LogP contribution in [0.3, 0.4) is 0 Å². The van der Waals surface area contributed by atoms with E-state index in [1.807, 2.05) is 48.8 Å². The molecule has 7 nitrogen and oxygen atoms in total. The minimum Gasteiger partial charge on any atom is -0.454 e. The molecule has 0 saturated carbocycles. The van der Waals surface area contributed by atoms with Crippen molar-refractivity contribution in [3.63, 3.8) is 0 Å². The predicted molar refractivity (Wildman–Crippen MR) is 136 cm³/mol. The molecule has 0 radical (unpaired) electrons. The van der Waals surface area contributed by atoms with E-state index in [0.29, 0.717) is 18.2 Å². The van der Waals surface area contributed by atoms with Gasteiger partial charge in [-0.15, -0.1) is 0 Å². The molecular weight excluding hydrogens is 440 g/mol. The third-order valence-corrected chi connectivity index (χ3v) is 6.68. The Morgan fingerprint density at radius 1 is 1.00 bits per heavy atom. The van der Waals surface area contributed by atoms with Gasteiger partial charge in [-0.25, -0.2) is 0 Å². The van der Waals surface area contributed by atoms with Crippen LogP contribution in [0.25, 0.3) is 0 Å². The summed E-state index contributed by atoms with van der Waals surface area (Å²) in [4.78, 5) is 19.2. The fourth-order valence-electron chi connectivity index (χ4n) is 4.65. The zero-order chi connectivity index (χ0) is 23.9. The summed E-state index contributed by atoms with van der Waals surface area (Å²) in [7, 11) is 0. The summed E-state index contributed by atoms with van der Waals surface area (Å²) in [6, 6.07) is 18.4. The lowest BCUT2D eigenvalue weighted by molar-refractivity contribution is 0.0951. The number of ether oxygens (including phenoxy) is 2. The molecule has 0 aliphatic carbocycles. The number of amides is 1. The first-order valence-electron chi connectivity index (χ1n) is 12.4. The molecule has 2 aromatic carbocycles. The topological polar surface area (TPSA) is 75.7 Å². The van der Waals surface area contributed by atoms with Gasteiger partial charge >= 0.3 is 0 Å². The van der Waals surface area contributed by atoms with E-state index in [2.05, 4.69) is 38.7 Å². The second kappa shape index (κ2) is 11.2. The standard InChI is InChI=1S/C28H32N4O3/c33-28(31-19-22-5-10-26-27(17-22)35-20-34-26)23-6-8-25(9-7-23)32-15-11-24(12-16-32)30-14-2-4-21-3-1-13-29-18-21/h1,3,5-10,13,17-18,24,30H,2,4,11-12,14-16,19-20H2,(H,31,33). The summed E-state index contributed by atoms with van der Waals surface area (Å²) in [5, 5.41) is 6.70. The maximum Gasteiger partial charge on any atom is 0.251 e. The molecule has 1 amide bonds. The molecular formula is C28H32N4O3. The van der Waals surface area contributed by atoms with Crippen LogP contribution in [0.1, 0.15) is 40.7 Å². The van der Waals surface area contributed by atoms with Crippen LogP contribution in [0, 0.1) is 0 Å². The van der Waals surface area contributed by atoms with Crippen molar-refractivity contribution in [1.82, 2.24) is 15.6 Å². The third kappa shape index (κ3) is 6.11. The molecule has 3 heterocycles. The van der Waals surface area contributed by atoms with Gasteiger partial charge in [-0.05, 0) is 85.8 Å². The van der Waals surface area contributed by atoms with Crippen molar-refractivity contribution in [3.05, 3.63) is 83.7 Å². The number of hydrogen-bond donors (Lipinski definition) is 2. The van der Waals surface area contributed by atoms with Crippen LogP contribution in [-0.4, -0.2) is 43.4 Å². The highest BCUT2D eigenvalue weighted by Gasteiger charge is 2.19. The molecule has 3 aromatic rings. The molecule has 1 fully saturated rings. The first kappa shape index (κ1) is 23.2. The van der Waals surface area contributed by atoms with E-state index in [0.717, 1.165) is 62.4 Å². The zero-order valence-corrected chi connectivity index (χ0v) is 19.9. The number of rotatable bonds is 9. The van der Waals surface area contributed by atoms with E-state index in [-0.39, 0.29) is 12.7 Å². The molecule has 35 heavy (non-hydrogen) atoms. The van der Waals surface area contributed by atoms with Gasteiger partial charge < -0.3 is 25.0 Å². The van der Waals surface area contributed by atoms with Gasteiger partial charge in [0.05, 0.1) is 0 Å². The number of fused-ring (bicyclic) bond motifs is 1. The average Bonchev–Trinajstić information content (AvgIpc) is 3.39. The summed E-state index contributed by atoms with van der Waals surface area (Å²) in [5.41, 5.74) is 4.12. The van der Waals surface area contributed by atoms with Crippen LogP contribution >= 0.6 is 0 Å². The second-order valence-electron chi connectivity index (χ2n) is 9.10. The number of nitrogens with one attached hydrogen (secondary N) is 2. The van der Waals surface area contributed by atoms with E-state index in [1.165, 1.54) is 11.3 Å². The maximum absolute atomic E-state index is 12.6. The number of anilines is 1. The van der Waals surface area contributed by atoms with E-state index in [9.17, 15) is 4.79 Å². The maximum atomic E-state index is 12.6. The molecule has 0 atom stereocenters. The Balaban J connectivity index is 1.03. The van der Waals surface area contributed by atoms with E-state index < -0.39 is 0 Å². The first-order chi connectivity index (χ1) is 17.2. The number of nitrogens with zero attached hydrogens (tertiary/aromatic N) is 2. The quantitative estimate of drug-likeness (QED) is 0.460. The van der Waals surface area contributed by atoms with Crippen LogP contribution in [0.4, 0.5) is 5.69 Å². The highest BCUT2D eigenvalue weighted by Crippen LogP contribution is 2.32. The Morgan fingerprint density at radius 2 is 1.83 bits per heavy atom. The molecule has 1 aromatic heterocycles. The van der Waals surface area contributed by atoms with Crippen molar-refractivity contribution in [2.75, 3.05) is 31.3 Å². The summed E-state index contributed by atoms with van der Waals surface area (Å²) < 4.78 is 10.7. The highest BCUT2D eigenvalue weighted by molar-refractivity contribution is 5.94. The minimum absolute atomic E-state index is 0.0802. The number of carbonyl (C=O) groups is 1. The fourth-order valence-corrected chi connectivity index (χ4v) is 4.65. The van der Waals surface area contributed by atoms with Crippen LogP contribution in [0.15, 0.2) is 67.0 Å².